The summed E-state index contributed by atoms with van der Waals surface area (Å²) in [6.07, 6.45) is 4.01. The largest absolute Gasteiger partial charge is 0.396 e. The summed E-state index contributed by atoms with van der Waals surface area (Å²) in [6, 6.07) is 7.84. The van der Waals surface area contributed by atoms with Crippen molar-refractivity contribution in [1.82, 2.24) is 0 Å². The first-order valence-electron chi connectivity index (χ1n) is 6.11. The minimum atomic E-state index is 0.220. The molecule has 0 radical (unpaired) electrons. The van der Waals surface area contributed by atoms with Gasteiger partial charge >= 0.3 is 0 Å². The number of aliphatic hydroxyl groups excluding tert-OH is 1. The highest BCUT2D eigenvalue weighted by atomic mass is 35.5. The molecule has 0 fully saturated rings. The van der Waals surface area contributed by atoms with Gasteiger partial charge in [-0.1, -0.05) is 36.2 Å². The average Bonchev–Trinajstić information content (AvgIpc) is 2.35. The fourth-order valence-corrected chi connectivity index (χ4v) is 2.13. The van der Waals surface area contributed by atoms with Crippen molar-refractivity contribution in [1.29, 1.82) is 0 Å². The Kier molecular flexibility index (Phi) is 7.25. The third kappa shape index (κ3) is 5.53. The zero-order chi connectivity index (χ0) is 12.5. The third-order valence-corrected chi connectivity index (χ3v) is 3.30. The number of methoxy groups -OCH3 is 1. The second-order valence-electron chi connectivity index (χ2n) is 4.33. The molecule has 0 heterocycles. The van der Waals surface area contributed by atoms with E-state index in [1.54, 1.807) is 7.11 Å². The number of rotatable bonds is 8. The highest BCUT2D eigenvalue weighted by Crippen LogP contribution is 2.21. The Morgan fingerprint density at radius 2 is 2.06 bits per heavy atom. The molecule has 1 aromatic carbocycles. The number of aliphatic hydroxyl groups is 1. The maximum Gasteiger partial charge on any atom is 0.0462 e. The van der Waals surface area contributed by atoms with Gasteiger partial charge in [-0.3, -0.25) is 0 Å². The van der Waals surface area contributed by atoms with Gasteiger partial charge in [-0.2, -0.15) is 0 Å². The van der Waals surface area contributed by atoms with Crippen LogP contribution in [-0.2, 0) is 11.2 Å². The van der Waals surface area contributed by atoms with E-state index >= 15 is 0 Å². The van der Waals surface area contributed by atoms with Crippen molar-refractivity contribution in [2.24, 2.45) is 5.92 Å². The molecular formula is C14H21ClO2. The first-order valence-corrected chi connectivity index (χ1v) is 6.49. The Hall–Kier alpha value is -0.570. The lowest BCUT2D eigenvalue weighted by atomic mass is 9.95. The Morgan fingerprint density at radius 1 is 1.29 bits per heavy atom. The summed E-state index contributed by atoms with van der Waals surface area (Å²) in [5.41, 5.74) is 1.12. The Balaban J connectivity index is 2.38. The van der Waals surface area contributed by atoms with Crippen molar-refractivity contribution in [2.45, 2.75) is 25.7 Å². The van der Waals surface area contributed by atoms with Crippen LogP contribution in [0.2, 0.25) is 5.02 Å². The molecule has 96 valence electrons. The number of benzene rings is 1. The molecule has 1 unspecified atom stereocenters. The van der Waals surface area contributed by atoms with E-state index in [0.29, 0.717) is 5.92 Å². The van der Waals surface area contributed by atoms with Crippen molar-refractivity contribution in [3.63, 3.8) is 0 Å². The molecule has 0 saturated carbocycles. The molecule has 2 nitrogen and oxygen atoms in total. The molecule has 1 atom stereocenters. The van der Waals surface area contributed by atoms with Crippen LogP contribution in [0, 0.1) is 5.92 Å². The lowest BCUT2D eigenvalue weighted by molar-refractivity contribution is 0.181. The second-order valence-corrected chi connectivity index (χ2v) is 4.74. The van der Waals surface area contributed by atoms with Crippen molar-refractivity contribution in [3.05, 3.63) is 34.9 Å². The predicted molar refractivity (Wildman–Crippen MR) is 71.5 cm³/mol. The Labute approximate surface area is 109 Å². The zero-order valence-electron chi connectivity index (χ0n) is 10.4. The van der Waals surface area contributed by atoms with Crippen LogP contribution >= 0.6 is 11.6 Å². The smallest absolute Gasteiger partial charge is 0.0462 e. The number of ether oxygens (including phenoxy) is 1. The molecule has 0 aromatic heterocycles. The van der Waals surface area contributed by atoms with Crippen molar-refractivity contribution in [2.75, 3.05) is 20.3 Å². The molecule has 1 rings (SSSR count). The summed E-state index contributed by atoms with van der Waals surface area (Å²) in [5, 5.41) is 10.2. The SMILES string of the molecule is COCCCCC(CO)Cc1ccccc1Cl. The van der Waals surface area contributed by atoms with E-state index in [4.69, 9.17) is 16.3 Å². The lowest BCUT2D eigenvalue weighted by Crippen LogP contribution is -2.10. The van der Waals surface area contributed by atoms with Gasteiger partial charge in [0.25, 0.3) is 0 Å². The van der Waals surface area contributed by atoms with Crippen LogP contribution in [0.3, 0.4) is 0 Å². The molecule has 0 spiro atoms. The van der Waals surface area contributed by atoms with Gasteiger partial charge in [0.1, 0.15) is 0 Å². The molecular weight excluding hydrogens is 236 g/mol. The highest BCUT2D eigenvalue weighted by Gasteiger charge is 2.10. The lowest BCUT2D eigenvalue weighted by Gasteiger charge is -2.14. The van der Waals surface area contributed by atoms with Gasteiger partial charge in [-0.05, 0) is 36.8 Å². The van der Waals surface area contributed by atoms with E-state index in [2.05, 4.69) is 0 Å². The summed E-state index contributed by atoms with van der Waals surface area (Å²) >= 11 is 6.11. The summed E-state index contributed by atoms with van der Waals surface area (Å²) < 4.78 is 5.01. The van der Waals surface area contributed by atoms with Gasteiger partial charge in [0.05, 0.1) is 0 Å². The fraction of sp³-hybridized carbons (Fsp3) is 0.571. The van der Waals surface area contributed by atoms with Crippen LogP contribution in [0.1, 0.15) is 24.8 Å². The van der Waals surface area contributed by atoms with Crippen LogP contribution in [-0.4, -0.2) is 25.4 Å². The van der Waals surface area contributed by atoms with E-state index in [1.165, 1.54) is 0 Å². The van der Waals surface area contributed by atoms with Crippen LogP contribution < -0.4 is 0 Å². The van der Waals surface area contributed by atoms with Crippen molar-refractivity contribution < 1.29 is 9.84 Å². The van der Waals surface area contributed by atoms with Gasteiger partial charge in [0.2, 0.25) is 0 Å². The zero-order valence-corrected chi connectivity index (χ0v) is 11.1. The van der Waals surface area contributed by atoms with Gasteiger partial charge in [-0.15, -0.1) is 0 Å². The molecule has 0 saturated heterocycles. The summed E-state index contributed by atoms with van der Waals surface area (Å²) in [7, 11) is 1.72. The molecule has 0 amide bonds. The first kappa shape index (κ1) is 14.5. The molecule has 0 aliphatic rings. The summed E-state index contributed by atoms with van der Waals surface area (Å²) in [6.45, 7) is 1.02. The number of hydrogen-bond donors (Lipinski definition) is 1. The molecule has 3 heteroatoms. The standard InChI is InChI=1S/C14H21ClO2/c1-17-9-5-4-6-12(11-16)10-13-7-2-3-8-14(13)15/h2-3,7-8,12,16H,4-6,9-11H2,1H3. The Morgan fingerprint density at radius 3 is 2.71 bits per heavy atom. The van der Waals surface area contributed by atoms with E-state index in [9.17, 15) is 5.11 Å². The van der Waals surface area contributed by atoms with Crippen molar-refractivity contribution >= 4 is 11.6 Å². The van der Waals surface area contributed by atoms with Gasteiger partial charge in [0, 0.05) is 25.3 Å². The number of halogens is 1. The number of hydrogen-bond acceptors (Lipinski definition) is 2. The Bertz CT molecular complexity index is 315. The van der Waals surface area contributed by atoms with E-state index in [-0.39, 0.29) is 6.61 Å². The maximum atomic E-state index is 9.36. The molecule has 0 bridgehead atoms. The normalized spacial score (nSPS) is 12.6. The van der Waals surface area contributed by atoms with Crippen LogP contribution in [0.25, 0.3) is 0 Å². The summed E-state index contributed by atoms with van der Waals surface area (Å²) in [4.78, 5) is 0. The quantitative estimate of drug-likeness (QED) is 0.723. The van der Waals surface area contributed by atoms with Gasteiger partial charge < -0.3 is 9.84 Å². The van der Waals surface area contributed by atoms with Crippen LogP contribution in [0.5, 0.6) is 0 Å². The van der Waals surface area contributed by atoms with E-state index < -0.39 is 0 Å². The molecule has 1 N–H and O–H groups in total. The minimum Gasteiger partial charge on any atom is -0.396 e. The molecule has 17 heavy (non-hydrogen) atoms. The highest BCUT2D eigenvalue weighted by molar-refractivity contribution is 6.31. The topological polar surface area (TPSA) is 29.5 Å². The predicted octanol–water partition coefficient (Wildman–Crippen LogP) is 3.31. The van der Waals surface area contributed by atoms with E-state index in [1.807, 2.05) is 24.3 Å². The van der Waals surface area contributed by atoms with Gasteiger partial charge in [0.15, 0.2) is 0 Å². The average molecular weight is 257 g/mol. The molecule has 0 aliphatic carbocycles. The van der Waals surface area contributed by atoms with Gasteiger partial charge in [-0.25, -0.2) is 0 Å². The van der Waals surface area contributed by atoms with E-state index in [0.717, 1.165) is 42.9 Å². The molecule has 0 aliphatic heterocycles. The number of unbranched alkanes of at least 4 members (excludes halogenated alkanes) is 1. The van der Waals surface area contributed by atoms with Crippen LogP contribution in [0.15, 0.2) is 24.3 Å². The third-order valence-electron chi connectivity index (χ3n) is 2.94. The monoisotopic (exact) mass is 256 g/mol. The van der Waals surface area contributed by atoms with Crippen molar-refractivity contribution in [3.8, 4) is 0 Å². The minimum absolute atomic E-state index is 0.220. The van der Waals surface area contributed by atoms with Crippen LogP contribution in [0.4, 0.5) is 0 Å². The fourth-order valence-electron chi connectivity index (χ4n) is 1.91. The first-order chi connectivity index (χ1) is 8.27. The maximum absolute atomic E-state index is 9.36. The molecule has 1 aromatic rings. The summed E-state index contributed by atoms with van der Waals surface area (Å²) in [5.74, 6) is 0.298. The second kappa shape index (κ2) is 8.51.